The van der Waals surface area contributed by atoms with Gasteiger partial charge in [0.2, 0.25) is 5.83 Å². The minimum Gasteiger partial charge on any atom is -1.00 e. The van der Waals surface area contributed by atoms with Crippen molar-refractivity contribution in [3.8, 4) is 5.75 Å². The Balaban J connectivity index is -0.00000103. The minimum absolute atomic E-state index is 0. The average molecular weight is 698 g/mol. The summed E-state index contributed by atoms with van der Waals surface area (Å²) in [7, 11) is -4.13. The summed E-state index contributed by atoms with van der Waals surface area (Å²) in [5, 5.41) is 8.75. The van der Waals surface area contributed by atoms with E-state index in [0.29, 0.717) is 0 Å². The number of allylic oxidation sites excluding steroid dienone is 1. The number of benzene rings is 1. The largest absolute Gasteiger partial charge is 1.00 e. The molecule has 0 fully saturated rings. The smallest absolute Gasteiger partial charge is 1.00 e. The van der Waals surface area contributed by atoms with E-state index in [1.165, 1.54) is 12.1 Å². The molecule has 0 heterocycles. The molecule has 242 valence electrons. The Morgan fingerprint density at radius 3 is 1.12 bits per heavy atom. The van der Waals surface area contributed by atoms with Gasteiger partial charge in [-0.2, -0.15) is 96.2 Å². The van der Waals surface area contributed by atoms with Crippen LogP contribution in [0.3, 0.4) is 0 Å². The van der Waals surface area contributed by atoms with Gasteiger partial charge in [-0.05, 0) is 24.3 Å². The van der Waals surface area contributed by atoms with E-state index in [4.69, 9.17) is 9.66 Å². The van der Waals surface area contributed by atoms with Gasteiger partial charge in [0.05, 0.1) is 4.90 Å². The zero-order valence-corrected chi connectivity index (χ0v) is 21.8. The fourth-order valence-electron chi connectivity index (χ4n) is 2.04. The van der Waals surface area contributed by atoms with Gasteiger partial charge in [-0.25, -0.2) is 0 Å². The SMILES string of the molecule is FC(F)=C(F)C(F)(F)C(F)(F)C(F)(F)C(F)(F)C(F)(F)C(F)(F)C(F)(F)C(F)(F)F.O=S(=O)(O)c1ccc(O)cc1.[H-].[Na+]. The Morgan fingerprint density at radius 2 is 0.857 bits per heavy atom. The topological polar surface area (TPSA) is 74.6 Å². The molecular weight excluding hydrogens is 691 g/mol. The van der Waals surface area contributed by atoms with Gasteiger partial charge in [-0.1, -0.05) is 0 Å². The van der Waals surface area contributed by atoms with Crippen LogP contribution in [-0.4, -0.2) is 65.7 Å². The standard InChI is InChI=1S/C10F20.C6H6O4S.Na.H/c11-1(2(12)13)3(14,15)4(16,17)5(18,19)6(20,21)7(22,23)8(24,25)9(26,27)10(28,29)30;7-5-1-3-6(4-2-5)11(8,9)10;;/h;1-4,7H,(H,8,9,10);;/q;;+1;-1. The molecule has 0 radical (unpaired) electrons. The van der Waals surface area contributed by atoms with Crippen LogP contribution < -0.4 is 29.6 Å². The van der Waals surface area contributed by atoms with Crippen molar-refractivity contribution < 1.29 is 137 Å². The molecule has 0 saturated heterocycles. The summed E-state index contributed by atoms with van der Waals surface area (Å²) < 4.78 is 280. The van der Waals surface area contributed by atoms with Crippen LogP contribution in [0, 0.1) is 0 Å². The molecule has 0 aliphatic carbocycles. The third-order valence-corrected chi connectivity index (χ3v) is 5.17. The maximum atomic E-state index is 13.1. The maximum absolute atomic E-state index is 13.1. The fraction of sp³-hybridized carbons (Fsp3) is 0.500. The van der Waals surface area contributed by atoms with Crippen LogP contribution in [0.25, 0.3) is 0 Å². The van der Waals surface area contributed by atoms with Crippen LogP contribution in [-0.2, 0) is 10.1 Å². The fourth-order valence-corrected chi connectivity index (χ4v) is 2.52. The molecule has 0 aliphatic heterocycles. The van der Waals surface area contributed by atoms with E-state index in [9.17, 15) is 96.2 Å². The molecule has 0 amide bonds. The molecule has 2 N–H and O–H groups in total. The molecule has 26 heteroatoms. The van der Waals surface area contributed by atoms with E-state index in [1.54, 1.807) is 0 Å². The van der Waals surface area contributed by atoms with E-state index in [-0.39, 0.29) is 41.6 Å². The van der Waals surface area contributed by atoms with Gasteiger partial charge < -0.3 is 6.53 Å². The number of alkyl halides is 17. The molecule has 42 heavy (non-hydrogen) atoms. The van der Waals surface area contributed by atoms with E-state index in [1.807, 2.05) is 0 Å². The van der Waals surface area contributed by atoms with Crippen molar-refractivity contribution in [1.29, 1.82) is 0 Å². The van der Waals surface area contributed by atoms with Crippen LogP contribution in [0.15, 0.2) is 41.1 Å². The summed E-state index contributed by atoms with van der Waals surface area (Å²) in [4.78, 5) is -0.227. The van der Waals surface area contributed by atoms with Crippen LogP contribution >= 0.6 is 0 Å². The number of halogens is 20. The van der Waals surface area contributed by atoms with Crippen molar-refractivity contribution in [1.82, 2.24) is 0 Å². The van der Waals surface area contributed by atoms with Crippen LogP contribution in [0.4, 0.5) is 87.8 Å². The van der Waals surface area contributed by atoms with Gasteiger partial charge >= 0.3 is 83.3 Å². The quantitative estimate of drug-likeness (QED) is 0.232. The third kappa shape index (κ3) is 6.98. The van der Waals surface area contributed by atoms with Crippen molar-refractivity contribution in [2.75, 3.05) is 0 Å². The first-order valence-corrected chi connectivity index (χ1v) is 10.2. The average Bonchev–Trinajstić information content (AvgIpc) is 2.76. The number of hydrogen-bond donors (Lipinski definition) is 2. The molecule has 1 aromatic rings. The van der Waals surface area contributed by atoms with Crippen molar-refractivity contribution in [3.05, 3.63) is 36.2 Å². The predicted molar refractivity (Wildman–Crippen MR) is 90.1 cm³/mol. The number of aromatic hydroxyl groups is 1. The van der Waals surface area contributed by atoms with Gasteiger partial charge in [0, 0.05) is 0 Å². The zero-order valence-electron chi connectivity index (χ0n) is 20.0. The van der Waals surface area contributed by atoms with Crippen molar-refractivity contribution in [3.63, 3.8) is 0 Å². The molecule has 0 atom stereocenters. The normalized spacial score (nSPS) is 14.4. The van der Waals surface area contributed by atoms with Crippen LogP contribution in [0.5, 0.6) is 5.75 Å². The molecular formula is C16H7F20NaO4S. The maximum Gasteiger partial charge on any atom is 1.00 e. The van der Waals surface area contributed by atoms with Crippen molar-refractivity contribution >= 4 is 10.1 Å². The molecule has 0 bridgehead atoms. The van der Waals surface area contributed by atoms with Crippen LogP contribution in [0.1, 0.15) is 1.43 Å². The summed E-state index contributed by atoms with van der Waals surface area (Å²) in [5.41, 5.74) is 0. The molecule has 4 nitrogen and oxygen atoms in total. The molecule has 0 aliphatic rings. The molecule has 0 unspecified atom stereocenters. The third-order valence-electron chi connectivity index (χ3n) is 4.30. The van der Waals surface area contributed by atoms with Crippen molar-refractivity contribution in [2.24, 2.45) is 0 Å². The summed E-state index contributed by atoms with van der Waals surface area (Å²) >= 11 is 0. The summed E-state index contributed by atoms with van der Waals surface area (Å²) in [6.45, 7) is 0. The Labute approximate surface area is 241 Å². The summed E-state index contributed by atoms with van der Waals surface area (Å²) in [6, 6.07) is 4.60. The van der Waals surface area contributed by atoms with E-state index in [0.717, 1.165) is 12.1 Å². The van der Waals surface area contributed by atoms with Gasteiger partial charge in [0.1, 0.15) is 5.75 Å². The minimum atomic E-state index is -8.95. The first-order valence-electron chi connectivity index (χ1n) is 8.79. The summed E-state index contributed by atoms with van der Waals surface area (Å²) in [6.07, 6.45) is -12.5. The second-order valence-electron chi connectivity index (χ2n) is 7.06. The van der Waals surface area contributed by atoms with Crippen LogP contribution in [0.2, 0.25) is 0 Å². The molecule has 0 spiro atoms. The van der Waals surface area contributed by atoms with Gasteiger partial charge in [-0.15, -0.1) is 0 Å². The summed E-state index contributed by atoms with van der Waals surface area (Å²) in [5.74, 6) is -65.1. The Morgan fingerprint density at radius 1 is 0.571 bits per heavy atom. The van der Waals surface area contributed by atoms with Gasteiger partial charge in [0.25, 0.3) is 10.1 Å². The first-order chi connectivity index (χ1) is 17.6. The second kappa shape index (κ2) is 12.3. The van der Waals surface area contributed by atoms with E-state index < -0.39 is 69.7 Å². The Kier molecular flexibility index (Phi) is 12.5. The zero-order chi connectivity index (χ0) is 33.6. The number of hydrogen-bond acceptors (Lipinski definition) is 3. The predicted octanol–water partition coefficient (Wildman–Crippen LogP) is 4.83. The van der Waals surface area contributed by atoms with Crippen molar-refractivity contribution in [2.45, 2.75) is 52.5 Å². The molecule has 1 rings (SSSR count). The number of phenols is 1. The number of rotatable bonds is 8. The van der Waals surface area contributed by atoms with E-state index in [2.05, 4.69) is 0 Å². The first kappa shape index (κ1) is 42.4. The number of phenolic OH excluding ortho intramolecular Hbond substituents is 1. The van der Waals surface area contributed by atoms with Gasteiger partial charge in [0.15, 0.2) is 0 Å². The monoisotopic (exact) mass is 698 g/mol. The molecule has 0 saturated carbocycles. The molecule has 1 aromatic carbocycles. The second-order valence-corrected chi connectivity index (χ2v) is 8.48. The Hall–Kier alpha value is -1.73. The van der Waals surface area contributed by atoms with E-state index >= 15 is 0 Å². The Bertz CT molecular complexity index is 1230. The molecule has 0 aromatic heterocycles. The van der Waals surface area contributed by atoms with Gasteiger partial charge in [-0.3, -0.25) is 4.55 Å².